The second kappa shape index (κ2) is 5.91. The zero-order chi connectivity index (χ0) is 15.8. The Kier molecular flexibility index (Phi) is 3.75. The number of hydrogen-bond acceptors (Lipinski definition) is 5. The molecule has 23 heavy (non-hydrogen) atoms. The molecule has 1 aliphatic heterocycles. The third-order valence-electron chi connectivity index (χ3n) is 5.06. The first-order valence-corrected chi connectivity index (χ1v) is 8.66. The molecule has 2 aliphatic rings. The molecule has 3 heterocycles. The minimum atomic E-state index is 0.607. The Labute approximate surface area is 137 Å². The first-order valence-electron chi connectivity index (χ1n) is 8.66. The van der Waals surface area contributed by atoms with E-state index < -0.39 is 0 Å². The van der Waals surface area contributed by atoms with Gasteiger partial charge in [0.2, 0.25) is 0 Å². The van der Waals surface area contributed by atoms with Crippen LogP contribution in [0.4, 0.5) is 5.82 Å². The molecule has 0 amide bonds. The summed E-state index contributed by atoms with van der Waals surface area (Å²) in [6.07, 6.45) is 7.68. The topological polar surface area (TPSA) is 59.7 Å². The molecule has 1 saturated heterocycles. The number of rotatable bonds is 3. The summed E-state index contributed by atoms with van der Waals surface area (Å²) in [5.74, 6) is 3.67. The molecule has 1 fully saturated rings. The van der Waals surface area contributed by atoms with Gasteiger partial charge in [-0.15, -0.1) is 0 Å². The van der Waals surface area contributed by atoms with Crippen molar-refractivity contribution in [3.05, 3.63) is 29.2 Å². The van der Waals surface area contributed by atoms with Crippen molar-refractivity contribution in [3.63, 3.8) is 0 Å². The second-order valence-electron chi connectivity index (χ2n) is 6.82. The van der Waals surface area contributed by atoms with Gasteiger partial charge in [0.1, 0.15) is 23.8 Å². The third-order valence-corrected chi connectivity index (χ3v) is 5.06. The highest BCUT2D eigenvalue weighted by atomic mass is 15.3. The fourth-order valence-corrected chi connectivity index (χ4v) is 4.00. The Balaban J connectivity index is 1.51. The van der Waals surface area contributed by atoms with Gasteiger partial charge in [0.15, 0.2) is 0 Å². The number of aryl methyl sites for hydroxylation is 3. The van der Waals surface area contributed by atoms with E-state index in [1.165, 1.54) is 36.3 Å². The Bertz CT molecular complexity index is 707. The molecule has 2 aromatic rings. The van der Waals surface area contributed by atoms with Gasteiger partial charge in [-0.05, 0) is 51.9 Å². The van der Waals surface area contributed by atoms with Crippen LogP contribution in [0.2, 0.25) is 0 Å². The lowest BCUT2D eigenvalue weighted by atomic mass is 9.97. The predicted octanol–water partition coefficient (Wildman–Crippen LogP) is 2.09. The van der Waals surface area contributed by atoms with E-state index in [2.05, 4.69) is 29.6 Å². The average Bonchev–Trinajstić information content (AvgIpc) is 3.14. The molecule has 1 atom stereocenters. The minimum absolute atomic E-state index is 0.607. The molecular formula is C17H24N6. The van der Waals surface area contributed by atoms with Gasteiger partial charge in [-0.25, -0.2) is 19.6 Å². The highest BCUT2D eigenvalue weighted by Crippen LogP contribution is 2.31. The number of piperidine rings is 1. The molecule has 6 heteroatoms. The number of hydrogen-bond donors (Lipinski definition) is 0. The summed E-state index contributed by atoms with van der Waals surface area (Å²) in [4.78, 5) is 16.0. The quantitative estimate of drug-likeness (QED) is 0.868. The zero-order valence-corrected chi connectivity index (χ0v) is 14.0. The van der Waals surface area contributed by atoms with Crippen LogP contribution in [0.25, 0.3) is 0 Å². The molecule has 1 aliphatic carbocycles. The number of fused-ring (bicyclic) bond motifs is 1. The normalized spacial score (nSPS) is 20.8. The Morgan fingerprint density at radius 3 is 2.91 bits per heavy atom. The Morgan fingerprint density at radius 2 is 2.09 bits per heavy atom. The van der Waals surface area contributed by atoms with Gasteiger partial charge in [-0.1, -0.05) is 0 Å². The van der Waals surface area contributed by atoms with Gasteiger partial charge >= 0.3 is 0 Å². The van der Waals surface area contributed by atoms with Crippen LogP contribution in [0.3, 0.4) is 0 Å². The lowest BCUT2D eigenvalue weighted by molar-refractivity contribution is 0.346. The summed E-state index contributed by atoms with van der Waals surface area (Å²) < 4.78 is 2.06. The monoisotopic (exact) mass is 312 g/mol. The minimum Gasteiger partial charge on any atom is -0.356 e. The maximum atomic E-state index is 4.62. The van der Waals surface area contributed by atoms with Crippen LogP contribution in [0.1, 0.15) is 42.2 Å². The lowest BCUT2D eigenvalue weighted by Gasteiger charge is -2.34. The first kappa shape index (κ1) is 14.6. The zero-order valence-electron chi connectivity index (χ0n) is 14.0. The maximum Gasteiger partial charge on any atom is 0.147 e. The summed E-state index contributed by atoms with van der Waals surface area (Å²) >= 11 is 0. The lowest BCUT2D eigenvalue weighted by Crippen LogP contribution is -2.38. The molecule has 0 N–H and O–H groups in total. The molecule has 0 unspecified atom stereocenters. The van der Waals surface area contributed by atoms with Gasteiger partial charge in [-0.2, -0.15) is 5.10 Å². The van der Waals surface area contributed by atoms with E-state index in [-0.39, 0.29) is 0 Å². The van der Waals surface area contributed by atoms with Crippen molar-refractivity contribution < 1.29 is 0 Å². The highest BCUT2D eigenvalue weighted by Gasteiger charge is 2.26. The molecule has 2 aromatic heterocycles. The van der Waals surface area contributed by atoms with Crippen molar-refractivity contribution in [3.8, 4) is 0 Å². The smallest absolute Gasteiger partial charge is 0.147 e. The van der Waals surface area contributed by atoms with E-state index in [0.717, 1.165) is 44.1 Å². The fourth-order valence-electron chi connectivity index (χ4n) is 4.00. The Hall–Kier alpha value is -1.98. The van der Waals surface area contributed by atoms with Crippen LogP contribution in [-0.4, -0.2) is 37.8 Å². The highest BCUT2D eigenvalue weighted by molar-refractivity contribution is 5.50. The molecule has 0 bridgehead atoms. The summed E-state index contributed by atoms with van der Waals surface area (Å²) in [6, 6.07) is 0. The summed E-state index contributed by atoms with van der Waals surface area (Å²) in [5, 5.41) is 4.52. The van der Waals surface area contributed by atoms with E-state index in [1.54, 1.807) is 6.33 Å². The maximum absolute atomic E-state index is 4.62. The molecule has 0 spiro atoms. The van der Waals surface area contributed by atoms with Crippen LogP contribution in [0.5, 0.6) is 0 Å². The Morgan fingerprint density at radius 1 is 1.17 bits per heavy atom. The second-order valence-corrected chi connectivity index (χ2v) is 6.82. The van der Waals surface area contributed by atoms with E-state index >= 15 is 0 Å². The van der Waals surface area contributed by atoms with Gasteiger partial charge in [-0.3, -0.25) is 0 Å². The van der Waals surface area contributed by atoms with Crippen LogP contribution in [0.15, 0.2) is 6.33 Å². The van der Waals surface area contributed by atoms with Gasteiger partial charge in [0, 0.05) is 30.9 Å². The van der Waals surface area contributed by atoms with Crippen LogP contribution < -0.4 is 4.90 Å². The standard InChI is InChI=1S/C17H24N6/c1-12-20-13(2)23(21-12)10-14-5-4-8-22(9-14)17-15-6-3-7-16(15)18-11-19-17/h11,14H,3-10H2,1-2H3/t14-/m0/s1. The number of nitrogens with zero attached hydrogens (tertiary/aromatic N) is 6. The van der Waals surface area contributed by atoms with Crippen LogP contribution in [0, 0.1) is 19.8 Å². The SMILES string of the molecule is Cc1nc(C)n(C[C@H]2CCCN(c3ncnc4c3CCC4)C2)n1. The molecular weight excluding hydrogens is 288 g/mol. The number of aromatic nitrogens is 5. The number of anilines is 1. The van der Waals surface area contributed by atoms with Gasteiger partial charge < -0.3 is 4.90 Å². The molecule has 0 radical (unpaired) electrons. The average molecular weight is 312 g/mol. The first-order chi connectivity index (χ1) is 11.2. The summed E-state index contributed by atoms with van der Waals surface area (Å²) in [7, 11) is 0. The van der Waals surface area contributed by atoms with Crippen molar-refractivity contribution in [2.24, 2.45) is 5.92 Å². The molecule has 6 nitrogen and oxygen atoms in total. The van der Waals surface area contributed by atoms with Crippen LogP contribution >= 0.6 is 0 Å². The van der Waals surface area contributed by atoms with E-state index in [9.17, 15) is 0 Å². The fraction of sp³-hybridized carbons (Fsp3) is 0.647. The predicted molar refractivity (Wildman–Crippen MR) is 88.5 cm³/mol. The molecule has 0 saturated carbocycles. The largest absolute Gasteiger partial charge is 0.356 e. The van der Waals surface area contributed by atoms with E-state index in [4.69, 9.17) is 0 Å². The van der Waals surface area contributed by atoms with Crippen molar-refractivity contribution in [1.82, 2.24) is 24.7 Å². The van der Waals surface area contributed by atoms with Crippen molar-refractivity contribution in [2.75, 3.05) is 18.0 Å². The van der Waals surface area contributed by atoms with Crippen molar-refractivity contribution in [2.45, 2.75) is 52.5 Å². The summed E-state index contributed by atoms with van der Waals surface area (Å²) in [6.45, 7) is 7.12. The third kappa shape index (κ3) is 2.82. The molecule has 0 aromatic carbocycles. The van der Waals surface area contributed by atoms with Gasteiger partial charge in [0.05, 0.1) is 0 Å². The summed E-state index contributed by atoms with van der Waals surface area (Å²) in [5.41, 5.74) is 2.65. The van der Waals surface area contributed by atoms with Crippen LogP contribution in [-0.2, 0) is 19.4 Å². The van der Waals surface area contributed by atoms with Crippen molar-refractivity contribution in [1.29, 1.82) is 0 Å². The molecule has 122 valence electrons. The van der Waals surface area contributed by atoms with E-state index in [0.29, 0.717) is 5.92 Å². The van der Waals surface area contributed by atoms with Crippen molar-refractivity contribution >= 4 is 5.82 Å². The molecule has 4 rings (SSSR count). The van der Waals surface area contributed by atoms with Gasteiger partial charge in [0.25, 0.3) is 0 Å². The van der Waals surface area contributed by atoms with E-state index in [1.807, 2.05) is 13.8 Å².